The second-order valence-corrected chi connectivity index (χ2v) is 5.56. The van der Waals surface area contributed by atoms with Gasteiger partial charge < -0.3 is 5.32 Å². The van der Waals surface area contributed by atoms with Crippen molar-refractivity contribution in [3.63, 3.8) is 0 Å². The molecule has 1 heterocycles. The van der Waals surface area contributed by atoms with Crippen LogP contribution in [0.1, 0.15) is 43.0 Å². The molecule has 1 saturated carbocycles. The fraction of sp³-hybridized carbons (Fsp3) is 0.438. The lowest BCUT2D eigenvalue weighted by Crippen LogP contribution is -2.07. The molecule has 1 N–H and O–H groups in total. The number of hydrogen-bond donors (Lipinski definition) is 1. The van der Waals surface area contributed by atoms with Crippen molar-refractivity contribution in [2.75, 3.05) is 5.32 Å². The highest BCUT2D eigenvalue weighted by molar-refractivity contribution is 5.46. The zero-order valence-electron chi connectivity index (χ0n) is 11.8. The molecule has 0 amide bonds. The Kier molecular flexibility index (Phi) is 3.72. The summed E-state index contributed by atoms with van der Waals surface area (Å²) in [5, 5.41) is 7.70. The van der Waals surface area contributed by atoms with Crippen molar-refractivity contribution in [2.45, 2.75) is 45.2 Å². The minimum absolute atomic E-state index is 0.208. The van der Waals surface area contributed by atoms with Gasteiger partial charge in [-0.1, -0.05) is 18.9 Å². The summed E-state index contributed by atoms with van der Waals surface area (Å²) in [6.45, 7) is 2.44. The van der Waals surface area contributed by atoms with Crippen LogP contribution in [0.15, 0.2) is 30.5 Å². The largest absolute Gasteiger partial charge is 0.377 e. The maximum Gasteiger partial charge on any atom is 0.146 e. The Morgan fingerprint density at radius 1 is 1.30 bits per heavy atom. The van der Waals surface area contributed by atoms with E-state index in [2.05, 4.69) is 15.1 Å². The first kappa shape index (κ1) is 13.2. The molecule has 0 aliphatic heterocycles. The van der Waals surface area contributed by atoms with Gasteiger partial charge >= 0.3 is 0 Å². The first-order valence-electron chi connectivity index (χ1n) is 7.26. The summed E-state index contributed by atoms with van der Waals surface area (Å²) < 4.78 is 15.8. The summed E-state index contributed by atoms with van der Waals surface area (Å²) >= 11 is 0. The lowest BCUT2D eigenvalue weighted by atomic mass is 10.2. The molecule has 0 spiro atoms. The molecule has 4 heteroatoms. The molecule has 0 bridgehead atoms. The molecule has 0 unspecified atom stereocenters. The van der Waals surface area contributed by atoms with Gasteiger partial charge in [0.15, 0.2) is 0 Å². The molecule has 20 heavy (non-hydrogen) atoms. The molecular weight excluding hydrogens is 253 g/mol. The molecule has 1 aromatic heterocycles. The Balaban J connectivity index is 1.63. The van der Waals surface area contributed by atoms with E-state index in [9.17, 15) is 4.39 Å². The second-order valence-electron chi connectivity index (χ2n) is 5.56. The summed E-state index contributed by atoms with van der Waals surface area (Å²) in [7, 11) is 0. The third-order valence-corrected chi connectivity index (χ3v) is 3.95. The number of aromatic nitrogens is 2. The summed E-state index contributed by atoms with van der Waals surface area (Å²) in [6.07, 6.45) is 7.08. The van der Waals surface area contributed by atoms with Gasteiger partial charge in [0.1, 0.15) is 5.82 Å². The van der Waals surface area contributed by atoms with E-state index in [1.165, 1.54) is 25.7 Å². The van der Waals surface area contributed by atoms with Crippen molar-refractivity contribution in [1.82, 2.24) is 9.78 Å². The highest BCUT2D eigenvalue weighted by atomic mass is 19.1. The van der Waals surface area contributed by atoms with Crippen LogP contribution in [0.3, 0.4) is 0 Å². The molecule has 0 radical (unpaired) electrons. The third-order valence-electron chi connectivity index (χ3n) is 3.95. The monoisotopic (exact) mass is 273 g/mol. The average molecular weight is 273 g/mol. The summed E-state index contributed by atoms with van der Waals surface area (Å²) in [6, 6.07) is 7.79. The molecule has 106 valence electrons. The van der Waals surface area contributed by atoms with Gasteiger partial charge in [-0.3, -0.25) is 4.68 Å². The van der Waals surface area contributed by atoms with E-state index >= 15 is 0 Å². The van der Waals surface area contributed by atoms with E-state index in [4.69, 9.17) is 0 Å². The number of aryl methyl sites for hydroxylation is 1. The van der Waals surface area contributed by atoms with Gasteiger partial charge in [0.25, 0.3) is 0 Å². The summed E-state index contributed by atoms with van der Waals surface area (Å²) in [4.78, 5) is 0. The SMILES string of the molecule is Cc1ccc(NCc2ccn(C3CCCC3)n2)c(F)c1. The maximum atomic E-state index is 13.7. The average Bonchev–Trinajstić information content (AvgIpc) is 3.08. The van der Waals surface area contributed by atoms with Crippen LogP contribution in [0, 0.1) is 12.7 Å². The van der Waals surface area contributed by atoms with E-state index < -0.39 is 0 Å². The molecule has 1 aliphatic carbocycles. The van der Waals surface area contributed by atoms with Crippen LogP contribution in [-0.2, 0) is 6.54 Å². The first-order chi connectivity index (χ1) is 9.72. The van der Waals surface area contributed by atoms with Crippen molar-refractivity contribution >= 4 is 5.69 Å². The van der Waals surface area contributed by atoms with Gasteiger partial charge in [0, 0.05) is 6.20 Å². The van der Waals surface area contributed by atoms with Crippen LogP contribution < -0.4 is 5.32 Å². The smallest absolute Gasteiger partial charge is 0.146 e. The quantitative estimate of drug-likeness (QED) is 0.910. The van der Waals surface area contributed by atoms with Crippen molar-refractivity contribution in [3.8, 4) is 0 Å². The summed E-state index contributed by atoms with van der Waals surface area (Å²) in [5.74, 6) is -0.208. The Bertz CT molecular complexity index is 585. The number of nitrogens with zero attached hydrogens (tertiary/aromatic N) is 2. The third kappa shape index (κ3) is 2.84. The number of rotatable bonds is 4. The Hall–Kier alpha value is -1.84. The van der Waals surface area contributed by atoms with Gasteiger partial charge in [-0.2, -0.15) is 5.10 Å². The van der Waals surface area contributed by atoms with E-state index in [0.717, 1.165) is 11.3 Å². The van der Waals surface area contributed by atoms with E-state index in [1.807, 2.05) is 25.3 Å². The minimum Gasteiger partial charge on any atom is -0.377 e. The second kappa shape index (κ2) is 5.65. The summed E-state index contributed by atoms with van der Waals surface area (Å²) in [5.41, 5.74) is 2.42. The molecule has 1 aliphatic rings. The van der Waals surface area contributed by atoms with E-state index in [-0.39, 0.29) is 5.82 Å². The molecule has 0 atom stereocenters. The topological polar surface area (TPSA) is 29.9 Å². The molecule has 3 nitrogen and oxygen atoms in total. The number of hydrogen-bond acceptors (Lipinski definition) is 2. The Morgan fingerprint density at radius 3 is 2.85 bits per heavy atom. The molecule has 0 saturated heterocycles. The zero-order chi connectivity index (χ0) is 13.9. The predicted molar refractivity (Wildman–Crippen MR) is 78.2 cm³/mol. The molecule has 2 aromatic rings. The van der Waals surface area contributed by atoms with Gasteiger partial charge in [-0.25, -0.2) is 4.39 Å². The Morgan fingerprint density at radius 2 is 2.10 bits per heavy atom. The number of benzene rings is 1. The highest BCUT2D eigenvalue weighted by Crippen LogP contribution is 2.28. The van der Waals surface area contributed by atoms with Crippen LogP contribution in [0.25, 0.3) is 0 Å². The lowest BCUT2D eigenvalue weighted by molar-refractivity contribution is 0.463. The fourth-order valence-corrected chi connectivity index (χ4v) is 2.79. The van der Waals surface area contributed by atoms with Gasteiger partial charge in [0.05, 0.1) is 24.0 Å². The van der Waals surface area contributed by atoms with Crippen molar-refractivity contribution in [2.24, 2.45) is 0 Å². The number of nitrogens with one attached hydrogen (secondary N) is 1. The number of anilines is 1. The lowest BCUT2D eigenvalue weighted by Gasteiger charge is -2.09. The fourth-order valence-electron chi connectivity index (χ4n) is 2.79. The molecule has 1 fully saturated rings. The van der Waals surface area contributed by atoms with Gasteiger partial charge in [0.2, 0.25) is 0 Å². The van der Waals surface area contributed by atoms with E-state index in [1.54, 1.807) is 12.1 Å². The zero-order valence-corrected chi connectivity index (χ0v) is 11.8. The van der Waals surface area contributed by atoms with Crippen molar-refractivity contribution in [3.05, 3.63) is 47.5 Å². The van der Waals surface area contributed by atoms with Crippen LogP contribution in [0.5, 0.6) is 0 Å². The van der Waals surface area contributed by atoms with Crippen LogP contribution in [0.2, 0.25) is 0 Å². The van der Waals surface area contributed by atoms with E-state index in [0.29, 0.717) is 18.3 Å². The molecular formula is C16H20FN3. The van der Waals surface area contributed by atoms with Crippen molar-refractivity contribution in [1.29, 1.82) is 0 Å². The van der Waals surface area contributed by atoms with Crippen molar-refractivity contribution < 1.29 is 4.39 Å². The first-order valence-corrected chi connectivity index (χ1v) is 7.26. The van der Waals surface area contributed by atoms with Gasteiger partial charge in [-0.05, 0) is 43.5 Å². The standard InChI is InChI=1S/C16H20FN3/c1-12-6-7-16(15(17)10-12)18-11-13-8-9-20(19-13)14-4-2-3-5-14/h6-10,14,18H,2-5,11H2,1H3. The Labute approximate surface area is 118 Å². The van der Waals surface area contributed by atoms with Crippen LogP contribution in [0.4, 0.5) is 10.1 Å². The maximum absolute atomic E-state index is 13.7. The number of halogens is 1. The normalized spacial score (nSPS) is 15.7. The van der Waals surface area contributed by atoms with Crippen LogP contribution >= 0.6 is 0 Å². The minimum atomic E-state index is -0.208. The molecule has 3 rings (SSSR count). The predicted octanol–water partition coefficient (Wildman–Crippen LogP) is 4.06. The van der Waals surface area contributed by atoms with Crippen LogP contribution in [-0.4, -0.2) is 9.78 Å². The van der Waals surface area contributed by atoms with Gasteiger partial charge in [-0.15, -0.1) is 0 Å². The molecule has 1 aromatic carbocycles. The highest BCUT2D eigenvalue weighted by Gasteiger charge is 2.17.